The first-order valence-corrected chi connectivity index (χ1v) is 7.33. The van der Waals surface area contributed by atoms with Crippen molar-refractivity contribution in [3.8, 4) is 6.07 Å². The zero-order chi connectivity index (χ0) is 15.5. The molecule has 0 aromatic carbocycles. The highest BCUT2D eigenvalue weighted by atomic mass is 35.5. The van der Waals surface area contributed by atoms with E-state index in [9.17, 15) is 10.1 Å². The van der Waals surface area contributed by atoms with Gasteiger partial charge in [-0.15, -0.1) is 0 Å². The molecule has 1 aromatic heterocycles. The molecule has 1 aromatic rings. The Bertz CT molecular complexity index is 593. The number of nitriles is 1. The fourth-order valence-electron chi connectivity index (χ4n) is 2.22. The summed E-state index contributed by atoms with van der Waals surface area (Å²) >= 11 is 11.7. The normalized spacial score (nSPS) is 17.0. The minimum Gasteiger partial charge on any atom is -0.381 e. The fourth-order valence-corrected chi connectivity index (χ4v) is 2.65. The van der Waals surface area contributed by atoms with Crippen molar-refractivity contribution < 1.29 is 9.53 Å². The number of amides is 1. The monoisotopic (exact) mass is 327 g/mol. The van der Waals surface area contributed by atoms with Crippen LogP contribution in [0.4, 0.5) is 0 Å². The number of hydrogen-bond donors (Lipinski definition) is 1. The highest BCUT2D eigenvalue weighted by Gasteiger charge is 2.33. The highest BCUT2D eigenvalue weighted by Crippen LogP contribution is 2.29. The lowest BCUT2D eigenvalue weighted by Gasteiger charge is -2.30. The number of hydrogen-bond acceptors (Lipinski definition) is 4. The van der Waals surface area contributed by atoms with E-state index in [1.807, 2.05) is 0 Å². The number of carbonyl (C=O) groups is 1. The van der Waals surface area contributed by atoms with Crippen LogP contribution in [-0.4, -0.2) is 30.6 Å². The molecule has 1 saturated heterocycles. The molecule has 1 aliphatic rings. The van der Waals surface area contributed by atoms with Crippen molar-refractivity contribution in [1.29, 1.82) is 5.26 Å². The average molecular weight is 328 g/mol. The van der Waals surface area contributed by atoms with Crippen molar-refractivity contribution in [2.75, 3.05) is 19.8 Å². The SMILES string of the molecule is Cc1c(C(=O)NCC2(C#N)CCOCC2)cc(Cl)nc1Cl. The topological polar surface area (TPSA) is 75.0 Å². The van der Waals surface area contributed by atoms with Crippen LogP contribution in [0.15, 0.2) is 6.07 Å². The van der Waals surface area contributed by atoms with Gasteiger partial charge in [0.25, 0.3) is 5.91 Å². The van der Waals surface area contributed by atoms with Crippen molar-refractivity contribution in [3.05, 3.63) is 27.5 Å². The molecule has 1 fully saturated rings. The predicted octanol–water partition coefficient (Wildman–Crippen LogP) is 2.75. The van der Waals surface area contributed by atoms with Crippen LogP contribution in [-0.2, 0) is 4.74 Å². The van der Waals surface area contributed by atoms with Gasteiger partial charge in [0, 0.05) is 25.3 Å². The molecule has 5 nitrogen and oxygen atoms in total. The van der Waals surface area contributed by atoms with Crippen LogP contribution in [0.2, 0.25) is 10.3 Å². The van der Waals surface area contributed by atoms with Gasteiger partial charge >= 0.3 is 0 Å². The van der Waals surface area contributed by atoms with Crippen LogP contribution in [0.5, 0.6) is 0 Å². The van der Waals surface area contributed by atoms with Gasteiger partial charge in [-0.1, -0.05) is 23.2 Å². The zero-order valence-corrected chi connectivity index (χ0v) is 13.1. The van der Waals surface area contributed by atoms with Gasteiger partial charge in [0.2, 0.25) is 0 Å². The summed E-state index contributed by atoms with van der Waals surface area (Å²) in [5, 5.41) is 12.5. The molecule has 0 spiro atoms. The maximum Gasteiger partial charge on any atom is 0.251 e. The number of pyridine rings is 1. The van der Waals surface area contributed by atoms with Gasteiger partial charge in [0.05, 0.1) is 11.5 Å². The van der Waals surface area contributed by atoms with Gasteiger partial charge in [-0.05, 0) is 31.4 Å². The Labute approximate surface area is 133 Å². The smallest absolute Gasteiger partial charge is 0.251 e. The van der Waals surface area contributed by atoms with E-state index < -0.39 is 5.41 Å². The third-order valence-corrected chi connectivity index (χ3v) is 4.26. The molecular formula is C14H15Cl2N3O2. The van der Waals surface area contributed by atoms with E-state index >= 15 is 0 Å². The Morgan fingerprint density at radius 3 is 2.81 bits per heavy atom. The first-order chi connectivity index (χ1) is 9.97. The molecule has 7 heteroatoms. The Morgan fingerprint density at radius 2 is 2.19 bits per heavy atom. The fraction of sp³-hybridized carbons (Fsp3) is 0.500. The highest BCUT2D eigenvalue weighted by molar-refractivity contribution is 6.33. The molecule has 1 N–H and O–H groups in total. The number of nitrogens with one attached hydrogen (secondary N) is 1. The van der Waals surface area contributed by atoms with Gasteiger partial charge in [-0.25, -0.2) is 4.98 Å². The molecule has 1 aliphatic heterocycles. The van der Waals surface area contributed by atoms with Crippen LogP contribution in [0.1, 0.15) is 28.8 Å². The van der Waals surface area contributed by atoms with Gasteiger partial charge in [0.1, 0.15) is 10.3 Å². The van der Waals surface area contributed by atoms with E-state index in [-0.39, 0.29) is 22.8 Å². The minimum atomic E-state index is -0.567. The summed E-state index contributed by atoms with van der Waals surface area (Å²) in [6.07, 6.45) is 1.22. The van der Waals surface area contributed by atoms with E-state index in [1.165, 1.54) is 6.07 Å². The van der Waals surface area contributed by atoms with Crippen molar-refractivity contribution >= 4 is 29.1 Å². The minimum absolute atomic E-state index is 0.164. The summed E-state index contributed by atoms with van der Waals surface area (Å²) in [5.74, 6) is -0.306. The molecule has 0 unspecified atom stereocenters. The van der Waals surface area contributed by atoms with Crippen molar-refractivity contribution in [2.45, 2.75) is 19.8 Å². The van der Waals surface area contributed by atoms with Crippen LogP contribution in [0, 0.1) is 23.7 Å². The van der Waals surface area contributed by atoms with Crippen LogP contribution in [0.3, 0.4) is 0 Å². The molecule has 0 aliphatic carbocycles. The predicted molar refractivity (Wildman–Crippen MR) is 79.4 cm³/mol. The van der Waals surface area contributed by atoms with Gasteiger partial charge in [0.15, 0.2) is 0 Å². The van der Waals surface area contributed by atoms with Crippen molar-refractivity contribution in [2.24, 2.45) is 5.41 Å². The van der Waals surface area contributed by atoms with E-state index in [1.54, 1.807) is 6.92 Å². The quantitative estimate of drug-likeness (QED) is 0.866. The lowest BCUT2D eigenvalue weighted by molar-refractivity contribution is 0.0397. The van der Waals surface area contributed by atoms with Gasteiger partial charge in [-0.2, -0.15) is 5.26 Å². The molecule has 2 heterocycles. The average Bonchev–Trinajstić information content (AvgIpc) is 2.49. The molecule has 112 valence electrons. The van der Waals surface area contributed by atoms with Gasteiger partial charge < -0.3 is 10.1 Å². The lowest BCUT2D eigenvalue weighted by Crippen LogP contribution is -2.40. The maximum atomic E-state index is 12.3. The number of aromatic nitrogens is 1. The number of halogens is 2. The maximum absolute atomic E-state index is 12.3. The molecule has 1 amide bonds. The summed E-state index contributed by atoms with van der Waals surface area (Å²) in [4.78, 5) is 16.2. The lowest BCUT2D eigenvalue weighted by atomic mass is 9.81. The van der Waals surface area contributed by atoms with Crippen LogP contribution >= 0.6 is 23.2 Å². The first kappa shape index (κ1) is 16.0. The van der Waals surface area contributed by atoms with Gasteiger partial charge in [-0.3, -0.25) is 4.79 Å². The number of rotatable bonds is 3. The third-order valence-electron chi connectivity index (χ3n) is 3.70. The summed E-state index contributed by atoms with van der Waals surface area (Å²) in [6.45, 7) is 3.06. The van der Waals surface area contributed by atoms with Crippen LogP contribution in [0.25, 0.3) is 0 Å². The van der Waals surface area contributed by atoms with E-state index in [0.29, 0.717) is 37.2 Å². The standard InChI is InChI=1S/C14H15Cl2N3O2/c1-9-10(6-11(15)19-12(9)16)13(20)18-8-14(7-17)2-4-21-5-3-14/h6H,2-5,8H2,1H3,(H,18,20). The second-order valence-corrected chi connectivity index (χ2v) is 5.84. The molecule has 0 saturated carbocycles. The van der Waals surface area contributed by atoms with E-state index in [2.05, 4.69) is 16.4 Å². The van der Waals surface area contributed by atoms with E-state index in [0.717, 1.165) is 0 Å². The summed E-state index contributed by atoms with van der Waals surface area (Å²) in [7, 11) is 0. The Morgan fingerprint density at radius 1 is 1.52 bits per heavy atom. The Balaban J connectivity index is 2.10. The second-order valence-electron chi connectivity index (χ2n) is 5.10. The summed E-state index contributed by atoms with van der Waals surface area (Å²) < 4.78 is 5.26. The summed E-state index contributed by atoms with van der Waals surface area (Å²) in [5.41, 5.74) is 0.374. The first-order valence-electron chi connectivity index (χ1n) is 6.57. The van der Waals surface area contributed by atoms with E-state index in [4.69, 9.17) is 27.9 Å². The second kappa shape index (κ2) is 6.61. The Hall–Kier alpha value is -1.35. The molecule has 0 radical (unpaired) electrons. The van der Waals surface area contributed by atoms with Crippen LogP contribution < -0.4 is 5.32 Å². The number of ether oxygens (including phenoxy) is 1. The zero-order valence-electron chi connectivity index (χ0n) is 11.6. The largest absolute Gasteiger partial charge is 0.381 e. The molecule has 0 bridgehead atoms. The molecule has 0 atom stereocenters. The third kappa shape index (κ3) is 3.65. The molecule has 21 heavy (non-hydrogen) atoms. The van der Waals surface area contributed by atoms with Crippen molar-refractivity contribution in [3.63, 3.8) is 0 Å². The summed E-state index contributed by atoms with van der Waals surface area (Å²) in [6, 6.07) is 3.78. The molecular weight excluding hydrogens is 313 g/mol. The Kier molecular flexibility index (Phi) is 5.04. The van der Waals surface area contributed by atoms with Crippen molar-refractivity contribution in [1.82, 2.24) is 10.3 Å². The molecule has 2 rings (SSSR count). The number of nitrogens with zero attached hydrogens (tertiary/aromatic N) is 2. The number of carbonyl (C=O) groups excluding carboxylic acids is 1.